The third kappa shape index (κ3) is 3.24. The van der Waals surface area contributed by atoms with Gasteiger partial charge in [-0.2, -0.15) is 0 Å². The van der Waals surface area contributed by atoms with E-state index in [1.807, 2.05) is 31.2 Å². The summed E-state index contributed by atoms with van der Waals surface area (Å²) >= 11 is 11.9. The minimum absolute atomic E-state index is 0.391. The van der Waals surface area contributed by atoms with Crippen LogP contribution in [-0.4, -0.2) is 5.91 Å². The van der Waals surface area contributed by atoms with Crippen LogP contribution in [0.1, 0.15) is 17.2 Å². The van der Waals surface area contributed by atoms with Gasteiger partial charge in [0.15, 0.2) is 0 Å². The van der Waals surface area contributed by atoms with Crippen molar-refractivity contribution < 1.29 is 4.79 Å². The van der Waals surface area contributed by atoms with Crippen molar-refractivity contribution in [2.75, 3.05) is 5.32 Å². The lowest BCUT2D eigenvalue weighted by molar-refractivity contribution is -0.118. The molecule has 3 nitrogen and oxygen atoms in total. The molecule has 0 saturated heterocycles. The van der Waals surface area contributed by atoms with E-state index in [1.165, 1.54) is 0 Å². The maximum atomic E-state index is 11.7. The molecule has 104 valence electrons. The number of rotatable bonds is 4. The molecule has 0 bridgehead atoms. The van der Waals surface area contributed by atoms with E-state index in [9.17, 15) is 4.79 Å². The Labute approximate surface area is 127 Å². The molecule has 0 fully saturated rings. The fourth-order valence-corrected chi connectivity index (χ4v) is 2.21. The SMILES string of the molecule is Cc1ccccc1NC(C(N)=O)c1ccc(Cl)c(Cl)c1. The van der Waals surface area contributed by atoms with Gasteiger partial charge in [-0.3, -0.25) is 4.79 Å². The molecule has 0 aliphatic rings. The van der Waals surface area contributed by atoms with Crippen molar-refractivity contribution in [3.63, 3.8) is 0 Å². The van der Waals surface area contributed by atoms with Gasteiger partial charge in [0.2, 0.25) is 5.91 Å². The molecule has 0 aromatic heterocycles. The number of amides is 1. The van der Waals surface area contributed by atoms with Crippen molar-refractivity contribution in [3.8, 4) is 0 Å². The lowest BCUT2D eigenvalue weighted by Gasteiger charge is -2.19. The summed E-state index contributed by atoms with van der Waals surface area (Å²) in [4.78, 5) is 11.7. The molecule has 0 aliphatic heterocycles. The minimum Gasteiger partial charge on any atom is -0.370 e. The Morgan fingerprint density at radius 2 is 1.85 bits per heavy atom. The number of primary amides is 1. The Kier molecular flexibility index (Phi) is 4.53. The molecule has 0 saturated carbocycles. The van der Waals surface area contributed by atoms with Crippen LogP contribution in [0.3, 0.4) is 0 Å². The molecule has 2 aromatic rings. The van der Waals surface area contributed by atoms with Gasteiger partial charge in [-0.25, -0.2) is 0 Å². The van der Waals surface area contributed by atoms with E-state index in [1.54, 1.807) is 18.2 Å². The van der Waals surface area contributed by atoms with Gasteiger partial charge in [-0.05, 0) is 36.2 Å². The van der Waals surface area contributed by atoms with E-state index in [4.69, 9.17) is 28.9 Å². The number of hydrogen-bond acceptors (Lipinski definition) is 2. The molecule has 2 aromatic carbocycles. The van der Waals surface area contributed by atoms with Gasteiger partial charge in [-0.15, -0.1) is 0 Å². The number of nitrogens with two attached hydrogens (primary N) is 1. The number of benzene rings is 2. The lowest BCUT2D eigenvalue weighted by atomic mass is 10.1. The summed E-state index contributed by atoms with van der Waals surface area (Å²) in [7, 11) is 0. The van der Waals surface area contributed by atoms with E-state index in [0.717, 1.165) is 11.3 Å². The monoisotopic (exact) mass is 308 g/mol. The Morgan fingerprint density at radius 3 is 2.45 bits per heavy atom. The summed E-state index contributed by atoms with van der Waals surface area (Å²) in [5.41, 5.74) is 8.03. The van der Waals surface area contributed by atoms with Gasteiger partial charge in [0.05, 0.1) is 10.0 Å². The highest BCUT2D eigenvalue weighted by Gasteiger charge is 2.19. The van der Waals surface area contributed by atoms with Gasteiger partial charge in [0.25, 0.3) is 0 Å². The minimum atomic E-state index is -0.661. The number of halogens is 2. The molecule has 0 aliphatic carbocycles. The summed E-state index contributed by atoms with van der Waals surface area (Å²) in [6.07, 6.45) is 0. The quantitative estimate of drug-likeness (QED) is 0.899. The van der Waals surface area contributed by atoms with Crippen molar-refractivity contribution in [1.29, 1.82) is 0 Å². The molecular weight excluding hydrogens is 295 g/mol. The highest BCUT2D eigenvalue weighted by Crippen LogP contribution is 2.28. The van der Waals surface area contributed by atoms with Crippen LogP contribution in [0.25, 0.3) is 0 Å². The van der Waals surface area contributed by atoms with Crippen LogP contribution in [0.15, 0.2) is 42.5 Å². The number of carbonyl (C=O) groups excluding carboxylic acids is 1. The van der Waals surface area contributed by atoms with Crippen molar-refractivity contribution in [2.24, 2.45) is 5.73 Å². The molecule has 5 heteroatoms. The van der Waals surface area contributed by atoms with E-state index >= 15 is 0 Å². The largest absolute Gasteiger partial charge is 0.370 e. The average Bonchev–Trinajstić information content (AvgIpc) is 2.41. The first kappa shape index (κ1) is 14.7. The van der Waals surface area contributed by atoms with Crippen molar-refractivity contribution in [2.45, 2.75) is 13.0 Å². The molecule has 1 unspecified atom stereocenters. The van der Waals surface area contributed by atoms with Gasteiger partial charge in [-0.1, -0.05) is 47.5 Å². The molecular formula is C15H14Cl2N2O. The second-order valence-corrected chi connectivity index (χ2v) is 5.28. The third-order valence-corrected chi connectivity index (χ3v) is 3.75. The molecule has 3 N–H and O–H groups in total. The highest BCUT2D eigenvalue weighted by atomic mass is 35.5. The Balaban J connectivity index is 2.34. The van der Waals surface area contributed by atoms with Gasteiger partial charge in [0, 0.05) is 5.69 Å². The van der Waals surface area contributed by atoms with Crippen molar-refractivity contribution in [3.05, 3.63) is 63.6 Å². The second kappa shape index (κ2) is 6.16. The zero-order valence-electron chi connectivity index (χ0n) is 10.9. The van der Waals surface area contributed by atoms with E-state index < -0.39 is 11.9 Å². The molecule has 2 rings (SSSR count). The standard InChI is InChI=1S/C15H14Cl2N2O/c1-9-4-2-3-5-13(9)19-14(15(18)20)10-6-7-11(16)12(17)8-10/h2-8,14,19H,1H3,(H2,18,20). The first-order valence-electron chi connectivity index (χ1n) is 6.05. The summed E-state index contributed by atoms with van der Waals surface area (Å²) in [6.45, 7) is 1.95. The van der Waals surface area contributed by atoms with Crippen LogP contribution in [0.2, 0.25) is 10.0 Å². The average molecular weight is 309 g/mol. The normalized spacial score (nSPS) is 11.9. The first-order chi connectivity index (χ1) is 9.49. The Morgan fingerprint density at radius 1 is 1.15 bits per heavy atom. The third-order valence-electron chi connectivity index (χ3n) is 3.01. The smallest absolute Gasteiger partial charge is 0.244 e. The molecule has 1 amide bonds. The van der Waals surface area contributed by atoms with Crippen molar-refractivity contribution in [1.82, 2.24) is 0 Å². The molecule has 0 spiro atoms. The number of anilines is 1. The Bertz CT molecular complexity index is 644. The second-order valence-electron chi connectivity index (χ2n) is 4.47. The fourth-order valence-electron chi connectivity index (χ4n) is 1.90. The van der Waals surface area contributed by atoms with Crippen molar-refractivity contribution >= 4 is 34.8 Å². The fraction of sp³-hybridized carbons (Fsp3) is 0.133. The summed E-state index contributed by atoms with van der Waals surface area (Å²) in [6, 6.07) is 12.0. The zero-order valence-corrected chi connectivity index (χ0v) is 12.4. The van der Waals surface area contributed by atoms with E-state index in [0.29, 0.717) is 15.6 Å². The number of aryl methyl sites for hydroxylation is 1. The van der Waals surface area contributed by atoms with Crippen LogP contribution in [-0.2, 0) is 4.79 Å². The van der Waals surface area contributed by atoms with Gasteiger partial charge in [0.1, 0.15) is 6.04 Å². The number of para-hydroxylation sites is 1. The van der Waals surface area contributed by atoms with Crippen LogP contribution >= 0.6 is 23.2 Å². The molecule has 20 heavy (non-hydrogen) atoms. The molecule has 0 heterocycles. The first-order valence-corrected chi connectivity index (χ1v) is 6.81. The molecule has 1 atom stereocenters. The van der Waals surface area contributed by atoms with Gasteiger partial charge >= 0.3 is 0 Å². The van der Waals surface area contributed by atoms with Crippen LogP contribution in [0.4, 0.5) is 5.69 Å². The van der Waals surface area contributed by atoms with E-state index in [-0.39, 0.29) is 0 Å². The topological polar surface area (TPSA) is 55.1 Å². The highest BCUT2D eigenvalue weighted by molar-refractivity contribution is 6.42. The summed E-state index contributed by atoms with van der Waals surface area (Å²) in [5, 5.41) is 3.96. The summed E-state index contributed by atoms with van der Waals surface area (Å²) in [5.74, 6) is -0.480. The van der Waals surface area contributed by atoms with Crippen LogP contribution in [0, 0.1) is 6.92 Å². The molecule has 0 radical (unpaired) electrons. The maximum absolute atomic E-state index is 11.7. The maximum Gasteiger partial charge on any atom is 0.244 e. The lowest BCUT2D eigenvalue weighted by Crippen LogP contribution is -2.28. The summed E-state index contributed by atoms with van der Waals surface area (Å²) < 4.78 is 0. The number of nitrogens with one attached hydrogen (secondary N) is 1. The Hall–Kier alpha value is -1.71. The van der Waals surface area contributed by atoms with Crippen LogP contribution in [0.5, 0.6) is 0 Å². The predicted molar refractivity (Wildman–Crippen MR) is 83.2 cm³/mol. The van der Waals surface area contributed by atoms with Crippen LogP contribution < -0.4 is 11.1 Å². The predicted octanol–water partition coefficient (Wildman–Crippen LogP) is 3.94. The van der Waals surface area contributed by atoms with E-state index in [2.05, 4.69) is 5.32 Å². The number of carbonyl (C=O) groups is 1. The zero-order chi connectivity index (χ0) is 14.7. The number of hydrogen-bond donors (Lipinski definition) is 2. The van der Waals surface area contributed by atoms with Gasteiger partial charge < -0.3 is 11.1 Å².